The largest absolute Gasteiger partial charge is 0.353 e. The number of benzene rings is 4. The van der Waals surface area contributed by atoms with E-state index in [0.29, 0.717) is 5.56 Å². The van der Waals surface area contributed by atoms with Gasteiger partial charge in [0.1, 0.15) is 0 Å². The molecule has 0 amide bonds. The second-order valence-corrected chi connectivity index (χ2v) is 8.54. The molecule has 3 nitrogen and oxygen atoms in total. The highest BCUT2D eigenvalue weighted by atomic mass is 32.2. The minimum atomic E-state index is 0.657. The highest BCUT2D eigenvalue weighted by Crippen LogP contribution is 2.54. The molecule has 0 spiro atoms. The summed E-state index contributed by atoms with van der Waals surface area (Å²) in [6.45, 7) is 0. The molecule has 31 heavy (non-hydrogen) atoms. The molecule has 4 aromatic carbocycles. The Balaban J connectivity index is 1.72. The van der Waals surface area contributed by atoms with Gasteiger partial charge in [-0.15, -0.1) is 0 Å². The fourth-order valence-corrected chi connectivity index (χ4v) is 5.28. The highest BCUT2D eigenvalue weighted by molar-refractivity contribution is 7.99. The van der Waals surface area contributed by atoms with Gasteiger partial charge in [0, 0.05) is 26.3 Å². The van der Waals surface area contributed by atoms with Crippen LogP contribution in [-0.2, 0) is 0 Å². The van der Waals surface area contributed by atoms with Crippen molar-refractivity contribution >= 4 is 39.7 Å². The molecule has 1 N–H and O–H groups in total. The van der Waals surface area contributed by atoms with Gasteiger partial charge in [-0.2, -0.15) is 5.26 Å². The summed E-state index contributed by atoms with van der Waals surface area (Å²) in [5.74, 6) is 0. The summed E-state index contributed by atoms with van der Waals surface area (Å²) in [4.78, 5) is 8.30. The van der Waals surface area contributed by atoms with Crippen LogP contribution in [0, 0.1) is 11.3 Å². The molecule has 2 heterocycles. The smallest absolute Gasteiger partial charge is 0.0992 e. The summed E-state index contributed by atoms with van der Waals surface area (Å²) in [6.07, 6.45) is 0. The standard InChI is InChI=1S/C27H17N3S/c28-17-18-14-15-25-23(16-18)30(22-12-6-7-13-24(22)31-25)27-20-10-4-5-11-21(20)29-26(27)19-8-2-1-3-9-19/h1-16,29H. The van der Waals surface area contributed by atoms with Crippen LogP contribution in [0.3, 0.4) is 0 Å². The van der Waals surface area contributed by atoms with Crippen LogP contribution < -0.4 is 4.90 Å². The third-order valence-corrected chi connectivity index (χ3v) is 6.75. The Hall–Kier alpha value is -3.94. The van der Waals surface area contributed by atoms with Crippen molar-refractivity contribution in [1.82, 2.24) is 4.98 Å². The second kappa shape index (κ2) is 7.09. The summed E-state index contributed by atoms with van der Waals surface area (Å²) >= 11 is 1.75. The molecule has 1 aromatic heterocycles. The van der Waals surface area contributed by atoms with Crippen LogP contribution in [0.15, 0.2) is 107 Å². The molecule has 0 bridgehead atoms. The van der Waals surface area contributed by atoms with Crippen LogP contribution in [0.1, 0.15) is 5.56 Å². The van der Waals surface area contributed by atoms with Crippen molar-refractivity contribution in [3.05, 3.63) is 103 Å². The number of hydrogen-bond donors (Lipinski definition) is 1. The zero-order valence-electron chi connectivity index (χ0n) is 16.5. The molecule has 6 rings (SSSR count). The number of fused-ring (bicyclic) bond motifs is 3. The van der Waals surface area contributed by atoms with Crippen molar-refractivity contribution < 1.29 is 0 Å². The predicted octanol–water partition coefficient (Wildman–Crippen LogP) is 7.64. The molecule has 4 heteroatoms. The first-order valence-corrected chi connectivity index (χ1v) is 10.9. The van der Waals surface area contributed by atoms with Gasteiger partial charge in [0.2, 0.25) is 0 Å². The molecule has 5 aromatic rings. The SMILES string of the molecule is N#Cc1ccc2c(c1)N(c1c(-c3ccccc3)[nH]c3ccccc13)c1ccccc1S2. The number of rotatable bonds is 2. The Morgan fingerprint density at radius 1 is 0.742 bits per heavy atom. The van der Waals surface area contributed by atoms with Gasteiger partial charge in [-0.3, -0.25) is 0 Å². The van der Waals surface area contributed by atoms with E-state index < -0.39 is 0 Å². The molecule has 0 unspecified atom stereocenters. The molecular formula is C27H17N3S. The van der Waals surface area contributed by atoms with E-state index in [2.05, 4.69) is 94.8 Å². The van der Waals surface area contributed by atoms with Crippen molar-refractivity contribution in [1.29, 1.82) is 5.26 Å². The number of para-hydroxylation sites is 2. The Bertz CT molecular complexity index is 1480. The third-order valence-electron chi connectivity index (χ3n) is 5.62. The summed E-state index contributed by atoms with van der Waals surface area (Å²) in [5, 5.41) is 10.7. The molecular weight excluding hydrogens is 398 g/mol. The van der Waals surface area contributed by atoms with E-state index >= 15 is 0 Å². The van der Waals surface area contributed by atoms with Gasteiger partial charge in [0.25, 0.3) is 0 Å². The number of nitrogens with zero attached hydrogens (tertiary/aromatic N) is 2. The first-order valence-electron chi connectivity index (χ1n) is 10.1. The Morgan fingerprint density at radius 2 is 1.48 bits per heavy atom. The van der Waals surface area contributed by atoms with Gasteiger partial charge in [-0.1, -0.05) is 72.4 Å². The lowest BCUT2D eigenvalue weighted by Gasteiger charge is -2.33. The first kappa shape index (κ1) is 17.9. The predicted molar refractivity (Wildman–Crippen MR) is 127 cm³/mol. The van der Waals surface area contributed by atoms with Crippen LogP contribution in [0.25, 0.3) is 22.2 Å². The maximum atomic E-state index is 9.57. The van der Waals surface area contributed by atoms with Gasteiger partial charge in [0.05, 0.1) is 34.4 Å². The molecule has 1 aliphatic rings. The average Bonchev–Trinajstić information content (AvgIpc) is 3.22. The maximum absolute atomic E-state index is 9.57. The quantitative estimate of drug-likeness (QED) is 0.316. The summed E-state index contributed by atoms with van der Waals surface area (Å²) < 4.78 is 0. The lowest BCUT2D eigenvalue weighted by Crippen LogP contribution is -2.15. The normalized spacial score (nSPS) is 12.3. The molecule has 0 radical (unpaired) electrons. The molecule has 0 atom stereocenters. The number of nitrogens with one attached hydrogen (secondary N) is 1. The van der Waals surface area contributed by atoms with Gasteiger partial charge in [-0.25, -0.2) is 0 Å². The number of aromatic nitrogens is 1. The van der Waals surface area contributed by atoms with E-state index in [9.17, 15) is 5.26 Å². The average molecular weight is 416 g/mol. The van der Waals surface area contributed by atoms with Crippen molar-refractivity contribution in [2.24, 2.45) is 0 Å². The van der Waals surface area contributed by atoms with Gasteiger partial charge < -0.3 is 9.88 Å². The Kier molecular flexibility index (Phi) is 4.09. The number of anilines is 3. The molecule has 0 aliphatic carbocycles. The lowest BCUT2D eigenvalue weighted by molar-refractivity contribution is 1.17. The van der Waals surface area contributed by atoms with E-state index in [1.807, 2.05) is 18.2 Å². The van der Waals surface area contributed by atoms with Crippen LogP contribution in [0.5, 0.6) is 0 Å². The fourth-order valence-electron chi connectivity index (χ4n) is 4.24. The van der Waals surface area contributed by atoms with Gasteiger partial charge >= 0.3 is 0 Å². The van der Waals surface area contributed by atoms with Crippen LogP contribution >= 0.6 is 11.8 Å². The number of aromatic amines is 1. The number of H-pyrrole nitrogens is 1. The van der Waals surface area contributed by atoms with Crippen LogP contribution in [0.4, 0.5) is 17.1 Å². The van der Waals surface area contributed by atoms with E-state index in [-0.39, 0.29) is 0 Å². The van der Waals surface area contributed by atoms with Crippen molar-refractivity contribution in [2.75, 3.05) is 4.90 Å². The topological polar surface area (TPSA) is 42.8 Å². The van der Waals surface area contributed by atoms with Crippen molar-refractivity contribution in [3.63, 3.8) is 0 Å². The highest BCUT2D eigenvalue weighted by Gasteiger charge is 2.29. The third kappa shape index (κ3) is 2.83. The molecule has 0 fully saturated rings. The Labute approximate surface area is 184 Å². The number of hydrogen-bond acceptors (Lipinski definition) is 3. The fraction of sp³-hybridized carbons (Fsp3) is 0. The van der Waals surface area contributed by atoms with Gasteiger partial charge in [-0.05, 0) is 36.4 Å². The summed E-state index contributed by atoms with van der Waals surface area (Å²) in [5.41, 5.74) is 7.20. The number of nitriles is 1. The van der Waals surface area contributed by atoms with Gasteiger partial charge in [0.15, 0.2) is 0 Å². The van der Waals surface area contributed by atoms with E-state index in [0.717, 1.165) is 44.1 Å². The summed E-state index contributed by atoms with van der Waals surface area (Å²) in [7, 11) is 0. The zero-order valence-corrected chi connectivity index (χ0v) is 17.4. The van der Waals surface area contributed by atoms with Crippen LogP contribution in [-0.4, -0.2) is 4.98 Å². The molecule has 0 saturated heterocycles. The van der Waals surface area contributed by atoms with E-state index in [4.69, 9.17) is 0 Å². The molecule has 0 saturated carbocycles. The van der Waals surface area contributed by atoms with Crippen LogP contribution in [0.2, 0.25) is 0 Å². The lowest BCUT2D eigenvalue weighted by atomic mass is 10.1. The monoisotopic (exact) mass is 415 g/mol. The molecule has 1 aliphatic heterocycles. The first-order chi connectivity index (χ1) is 15.3. The molecule has 146 valence electrons. The van der Waals surface area contributed by atoms with Crippen molar-refractivity contribution in [3.8, 4) is 17.3 Å². The maximum Gasteiger partial charge on any atom is 0.0992 e. The zero-order chi connectivity index (χ0) is 20.8. The minimum absolute atomic E-state index is 0.657. The van der Waals surface area contributed by atoms with E-state index in [1.54, 1.807) is 11.8 Å². The summed E-state index contributed by atoms with van der Waals surface area (Å²) in [6, 6.07) is 35.5. The second-order valence-electron chi connectivity index (χ2n) is 7.46. The van der Waals surface area contributed by atoms with E-state index in [1.165, 1.54) is 4.90 Å². The van der Waals surface area contributed by atoms with Crippen molar-refractivity contribution in [2.45, 2.75) is 9.79 Å². The Morgan fingerprint density at radius 3 is 2.35 bits per heavy atom. The minimum Gasteiger partial charge on any atom is -0.353 e.